The Kier molecular flexibility index (Phi) is 3.67. The molecule has 4 nitrogen and oxygen atoms in total. The van der Waals surface area contributed by atoms with E-state index in [1.807, 2.05) is 21.0 Å². The van der Waals surface area contributed by atoms with Gasteiger partial charge in [-0.1, -0.05) is 0 Å². The second kappa shape index (κ2) is 4.37. The highest BCUT2D eigenvalue weighted by Crippen LogP contribution is 2.23. The number of aliphatic hydroxyl groups excluding tert-OH is 1. The maximum absolute atomic E-state index is 9.41. The number of ether oxygens (including phenoxy) is 2. The molecule has 1 N–H and O–H groups in total. The third kappa shape index (κ3) is 2.40. The van der Waals surface area contributed by atoms with E-state index in [-0.39, 0.29) is 18.2 Å². The van der Waals surface area contributed by atoms with Crippen LogP contribution in [-0.2, 0) is 9.47 Å². The van der Waals surface area contributed by atoms with Crippen LogP contribution in [0.4, 0.5) is 0 Å². The van der Waals surface area contributed by atoms with E-state index >= 15 is 0 Å². The van der Waals surface area contributed by atoms with Crippen molar-refractivity contribution in [3.8, 4) is 0 Å². The highest BCUT2D eigenvalue weighted by Gasteiger charge is 2.36. The summed E-state index contributed by atoms with van der Waals surface area (Å²) in [4.78, 5) is 2.07. The highest BCUT2D eigenvalue weighted by molar-refractivity contribution is 4.86. The largest absolute Gasteiger partial charge is 0.377 e. The first-order chi connectivity index (χ1) is 6.06. The van der Waals surface area contributed by atoms with Gasteiger partial charge in [0.15, 0.2) is 6.29 Å². The van der Waals surface area contributed by atoms with Gasteiger partial charge in [-0.25, -0.2) is 0 Å². The molecule has 1 rings (SSSR count). The Morgan fingerprint density at radius 1 is 1.46 bits per heavy atom. The Bertz CT molecular complexity index is 163. The average Bonchev–Trinajstić information content (AvgIpc) is 2.02. The van der Waals surface area contributed by atoms with Crippen LogP contribution >= 0.6 is 0 Å². The van der Waals surface area contributed by atoms with Crippen LogP contribution in [0.2, 0.25) is 0 Å². The molecule has 0 aliphatic carbocycles. The van der Waals surface area contributed by atoms with Crippen molar-refractivity contribution in [3.05, 3.63) is 0 Å². The number of methoxy groups -OCH3 is 1. The molecule has 0 bridgehead atoms. The van der Waals surface area contributed by atoms with Crippen LogP contribution in [0.3, 0.4) is 0 Å². The first kappa shape index (κ1) is 10.9. The van der Waals surface area contributed by atoms with Gasteiger partial charge in [-0.2, -0.15) is 0 Å². The van der Waals surface area contributed by atoms with E-state index < -0.39 is 6.29 Å². The molecule has 0 aromatic rings. The summed E-state index contributed by atoms with van der Waals surface area (Å²) in [6.45, 7) is 1.92. The number of likely N-dealkylation sites (N-methyl/N-ethyl adjacent to an activating group) is 1. The van der Waals surface area contributed by atoms with Gasteiger partial charge in [0.05, 0.1) is 12.2 Å². The van der Waals surface area contributed by atoms with Crippen molar-refractivity contribution in [1.82, 2.24) is 4.90 Å². The van der Waals surface area contributed by atoms with Crippen LogP contribution < -0.4 is 0 Å². The Hall–Kier alpha value is -0.160. The lowest BCUT2D eigenvalue weighted by molar-refractivity contribution is -0.218. The number of nitrogens with zero attached hydrogens (tertiary/aromatic N) is 1. The Morgan fingerprint density at radius 3 is 2.54 bits per heavy atom. The molecule has 1 saturated heterocycles. The molecular formula is C9H19NO3. The van der Waals surface area contributed by atoms with E-state index in [0.717, 1.165) is 0 Å². The van der Waals surface area contributed by atoms with Crippen molar-refractivity contribution < 1.29 is 14.6 Å². The van der Waals surface area contributed by atoms with Gasteiger partial charge in [-0.05, 0) is 21.0 Å². The molecule has 0 aromatic heterocycles. The van der Waals surface area contributed by atoms with Gasteiger partial charge in [0.2, 0.25) is 0 Å². The summed E-state index contributed by atoms with van der Waals surface area (Å²) in [6, 6.07) is 0.226. The summed E-state index contributed by atoms with van der Waals surface area (Å²) in [5.41, 5.74) is 0. The molecule has 78 valence electrons. The molecule has 0 unspecified atom stereocenters. The van der Waals surface area contributed by atoms with Gasteiger partial charge in [0.1, 0.15) is 0 Å². The first-order valence-corrected chi connectivity index (χ1v) is 4.59. The lowest BCUT2D eigenvalue weighted by Gasteiger charge is -2.41. The minimum absolute atomic E-state index is 0.0402. The quantitative estimate of drug-likeness (QED) is 0.667. The lowest BCUT2D eigenvalue weighted by Crippen LogP contribution is -2.53. The maximum Gasteiger partial charge on any atom is 0.156 e. The highest BCUT2D eigenvalue weighted by atomic mass is 16.6. The fourth-order valence-electron chi connectivity index (χ4n) is 1.89. The van der Waals surface area contributed by atoms with Gasteiger partial charge in [-0.3, -0.25) is 0 Å². The molecule has 1 fully saturated rings. The van der Waals surface area contributed by atoms with Crippen molar-refractivity contribution in [2.45, 2.75) is 37.9 Å². The van der Waals surface area contributed by atoms with Gasteiger partial charge in [-0.15, -0.1) is 0 Å². The average molecular weight is 189 g/mol. The molecule has 0 radical (unpaired) electrons. The fourth-order valence-corrected chi connectivity index (χ4v) is 1.89. The number of hydrogen-bond donors (Lipinski definition) is 1. The molecule has 0 saturated carbocycles. The zero-order valence-electron chi connectivity index (χ0n) is 8.73. The monoisotopic (exact) mass is 189 g/mol. The molecular weight excluding hydrogens is 170 g/mol. The second-order valence-corrected chi connectivity index (χ2v) is 3.76. The summed E-state index contributed by atoms with van der Waals surface area (Å²) in [6.07, 6.45) is -0.0658. The molecule has 0 amide bonds. The van der Waals surface area contributed by atoms with Crippen molar-refractivity contribution in [1.29, 1.82) is 0 Å². The second-order valence-electron chi connectivity index (χ2n) is 3.76. The van der Waals surface area contributed by atoms with Crippen LogP contribution in [0.25, 0.3) is 0 Å². The summed E-state index contributed by atoms with van der Waals surface area (Å²) in [5, 5.41) is 9.41. The minimum atomic E-state index is -0.659. The normalized spacial score (nSPS) is 41.1. The first-order valence-electron chi connectivity index (χ1n) is 4.59. The van der Waals surface area contributed by atoms with Crippen LogP contribution in [0, 0.1) is 0 Å². The van der Waals surface area contributed by atoms with E-state index in [0.29, 0.717) is 6.42 Å². The van der Waals surface area contributed by atoms with E-state index in [1.54, 1.807) is 7.11 Å². The predicted molar refractivity (Wildman–Crippen MR) is 49.4 cm³/mol. The Labute approximate surface area is 79.4 Å². The van der Waals surface area contributed by atoms with Gasteiger partial charge >= 0.3 is 0 Å². The van der Waals surface area contributed by atoms with Crippen LogP contribution in [0.5, 0.6) is 0 Å². The smallest absolute Gasteiger partial charge is 0.156 e. The summed E-state index contributed by atoms with van der Waals surface area (Å²) < 4.78 is 10.6. The van der Waals surface area contributed by atoms with Crippen molar-refractivity contribution in [2.75, 3.05) is 21.2 Å². The number of rotatable bonds is 2. The van der Waals surface area contributed by atoms with Crippen LogP contribution in [-0.4, -0.2) is 55.8 Å². The zero-order valence-corrected chi connectivity index (χ0v) is 8.73. The molecule has 4 heteroatoms. The fraction of sp³-hybridized carbons (Fsp3) is 1.00. The van der Waals surface area contributed by atoms with Gasteiger partial charge in [0, 0.05) is 19.6 Å². The topological polar surface area (TPSA) is 41.9 Å². The molecule has 4 atom stereocenters. The van der Waals surface area contributed by atoms with E-state index in [2.05, 4.69) is 4.90 Å². The third-order valence-electron chi connectivity index (χ3n) is 2.59. The standard InChI is InChI=1S/C9H19NO3/c1-6-9(12-4)7(10(2)3)5-8(11)13-6/h6-9,11H,5H2,1-4H3/t6-,7+,8+,9-/m0/s1. The zero-order chi connectivity index (χ0) is 10.0. The number of aliphatic hydroxyl groups is 1. The molecule has 1 aliphatic heterocycles. The lowest BCUT2D eigenvalue weighted by atomic mass is 9.98. The van der Waals surface area contributed by atoms with Crippen molar-refractivity contribution >= 4 is 0 Å². The van der Waals surface area contributed by atoms with Gasteiger partial charge < -0.3 is 19.5 Å². The molecule has 1 aliphatic rings. The molecule has 1 heterocycles. The molecule has 0 aromatic carbocycles. The Balaban J connectivity index is 2.66. The van der Waals surface area contributed by atoms with E-state index in [4.69, 9.17) is 9.47 Å². The van der Waals surface area contributed by atoms with Crippen molar-refractivity contribution in [2.24, 2.45) is 0 Å². The predicted octanol–water partition coefficient (Wildman–Crippen LogP) is 0.0588. The molecule has 0 spiro atoms. The SMILES string of the molecule is CO[C@H]1[C@H](C)O[C@@H](O)C[C@H]1N(C)C. The summed E-state index contributed by atoms with van der Waals surface area (Å²) in [7, 11) is 5.65. The Morgan fingerprint density at radius 2 is 2.08 bits per heavy atom. The maximum atomic E-state index is 9.41. The third-order valence-corrected chi connectivity index (χ3v) is 2.59. The van der Waals surface area contributed by atoms with Gasteiger partial charge in [0.25, 0.3) is 0 Å². The van der Waals surface area contributed by atoms with E-state index in [9.17, 15) is 5.11 Å². The number of hydrogen-bond acceptors (Lipinski definition) is 4. The molecule has 13 heavy (non-hydrogen) atoms. The van der Waals surface area contributed by atoms with Crippen LogP contribution in [0.15, 0.2) is 0 Å². The summed E-state index contributed by atoms with van der Waals surface area (Å²) >= 11 is 0. The van der Waals surface area contributed by atoms with Crippen LogP contribution in [0.1, 0.15) is 13.3 Å². The minimum Gasteiger partial charge on any atom is -0.377 e. The van der Waals surface area contributed by atoms with Crippen molar-refractivity contribution in [3.63, 3.8) is 0 Å². The van der Waals surface area contributed by atoms with E-state index in [1.165, 1.54) is 0 Å². The summed E-state index contributed by atoms with van der Waals surface area (Å²) in [5.74, 6) is 0.